The Morgan fingerprint density at radius 3 is 1.40 bits per heavy atom. The van der Waals surface area contributed by atoms with Gasteiger partial charge in [-0.15, -0.1) is 0 Å². The van der Waals surface area contributed by atoms with Gasteiger partial charge in [0.05, 0.1) is 0 Å². The maximum atomic E-state index is 7.17. The first-order chi connectivity index (χ1) is 30.7. The Balaban J connectivity index is 1.12. The van der Waals surface area contributed by atoms with Crippen molar-refractivity contribution in [3.63, 3.8) is 0 Å². The van der Waals surface area contributed by atoms with Crippen molar-refractivity contribution in [1.82, 2.24) is 15.0 Å². The molecule has 5 heteroatoms. The zero-order chi connectivity index (χ0) is 41.0. The highest BCUT2D eigenvalue weighted by Gasteiger charge is 2.24. The fourth-order valence-corrected chi connectivity index (χ4v) is 8.78. The predicted molar refractivity (Wildman–Crippen MR) is 251 cm³/mol. The molecule has 62 heavy (non-hydrogen) atoms. The van der Waals surface area contributed by atoms with Gasteiger partial charge in [-0.1, -0.05) is 182 Å². The van der Waals surface area contributed by atoms with Crippen molar-refractivity contribution >= 4 is 21.9 Å². The number of hydrogen-bond donors (Lipinski definition) is 0. The lowest BCUT2D eigenvalue weighted by Gasteiger charge is -2.18. The topological polar surface area (TPSA) is 61.0 Å². The molecule has 3 heterocycles. The molecule has 290 valence electrons. The van der Waals surface area contributed by atoms with E-state index in [1.807, 2.05) is 60.7 Å². The van der Waals surface area contributed by atoms with E-state index >= 15 is 0 Å². The lowest BCUT2D eigenvalue weighted by atomic mass is 9.86. The van der Waals surface area contributed by atoms with E-state index in [-0.39, 0.29) is 0 Å². The lowest BCUT2D eigenvalue weighted by molar-refractivity contribution is 0.487. The minimum atomic E-state index is 0.564. The van der Waals surface area contributed by atoms with Gasteiger partial charge in [0.1, 0.15) is 22.7 Å². The van der Waals surface area contributed by atoms with E-state index in [1.54, 1.807) is 0 Å². The summed E-state index contributed by atoms with van der Waals surface area (Å²) in [4.78, 5) is 15.4. The maximum absolute atomic E-state index is 7.17. The second kappa shape index (κ2) is 14.7. The molecule has 9 aromatic carbocycles. The van der Waals surface area contributed by atoms with E-state index in [2.05, 4.69) is 152 Å². The van der Waals surface area contributed by atoms with Crippen LogP contribution in [0, 0.1) is 0 Å². The Kier molecular flexibility index (Phi) is 8.42. The molecule has 0 atom stereocenters. The molecule has 0 bridgehead atoms. The number of para-hydroxylation sites is 2. The fraction of sp³-hybridized carbons (Fsp3) is 0. The van der Waals surface area contributed by atoms with Gasteiger partial charge < -0.3 is 9.15 Å². The Morgan fingerprint density at radius 2 is 0.726 bits per heavy atom. The fourth-order valence-electron chi connectivity index (χ4n) is 8.78. The molecule has 0 N–H and O–H groups in total. The highest BCUT2D eigenvalue weighted by molar-refractivity contribution is 6.08. The smallest absolute Gasteiger partial charge is 0.164 e. The summed E-state index contributed by atoms with van der Waals surface area (Å²) in [6.45, 7) is 0. The first-order valence-corrected chi connectivity index (χ1v) is 20.8. The van der Waals surface area contributed by atoms with Crippen LogP contribution < -0.4 is 4.74 Å². The molecule has 0 aliphatic carbocycles. The third kappa shape index (κ3) is 6.14. The Hall–Kier alpha value is -8.41. The SMILES string of the molecule is c1ccc(-c2ccc(-c3nc(-c4ccccc4)nc(-c4ccc5c(c4)-c4cc6oc7ccccc7c6cc4Oc4ccccc4-c4ccccc4-c4ccccc4-5)n3)cc2)cc1. The van der Waals surface area contributed by atoms with Crippen LogP contribution in [-0.4, -0.2) is 15.0 Å². The molecular formula is C57H35N3O2. The molecule has 11 aromatic rings. The normalized spacial score (nSPS) is 11.7. The molecule has 0 saturated heterocycles. The van der Waals surface area contributed by atoms with Crippen molar-refractivity contribution in [2.24, 2.45) is 0 Å². The van der Waals surface area contributed by atoms with Crippen molar-refractivity contribution in [3.8, 4) is 101 Å². The molecule has 0 unspecified atom stereocenters. The highest BCUT2D eigenvalue weighted by Crippen LogP contribution is 2.50. The largest absolute Gasteiger partial charge is 0.456 e. The van der Waals surface area contributed by atoms with Gasteiger partial charge in [-0.25, -0.2) is 15.0 Å². The molecule has 0 saturated carbocycles. The van der Waals surface area contributed by atoms with Crippen LogP contribution in [0.4, 0.5) is 0 Å². The summed E-state index contributed by atoms with van der Waals surface area (Å²) in [7, 11) is 0. The second-order valence-corrected chi connectivity index (χ2v) is 15.5. The number of aromatic nitrogens is 3. The van der Waals surface area contributed by atoms with Gasteiger partial charge in [-0.05, 0) is 74.8 Å². The molecular weight excluding hydrogens is 759 g/mol. The van der Waals surface area contributed by atoms with Crippen LogP contribution in [0.2, 0.25) is 0 Å². The summed E-state index contributed by atoms with van der Waals surface area (Å²) in [5.41, 5.74) is 14.8. The molecule has 5 nitrogen and oxygen atoms in total. The summed E-state index contributed by atoms with van der Waals surface area (Å²) >= 11 is 0. The first-order valence-electron chi connectivity index (χ1n) is 20.8. The van der Waals surface area contributed by atoms with Gasteiger partial charge in [0.15, 0.2) is 17.5 Å². The molecule has 1 aliphatic rings. The standard InChI is InChI=1S/C57H35N3O2/c1-3-15-36(16-4-1)37-27-29-39(30-28-37)56-58-55(38-17-5-2-6-18-38)59-57(60-56)40-31-32-45-43-21-8-7-19-41(43)42-20-9-10-22-44(42)46-23-11-13-25-51(46)61-54-34-49-47-24-12-14-26-52(47)62-53(49)35-50(54)48(45)33-40/h1-35H. The van der Waals surface area contributed by atoms with E-state index < -0.39 is 0 Å². The molecule has 0 spiro atoms. The zero-order valence-corrected chi connectivity index (χ0v) is 33.4. The van der Waals surface area contributed by atoms with E-state index in [1.165, 1.54) is 0 Å². The summed E-state index contributed by atoms with van der Waals surface area (Å²) in [6.07, 6.45) is 0. The number of nitrogens with zero attached hydrogens (tertiary/aromatic N) is 3. The quantitative estimate of drug-likeness (QED) is 0.178. The number of rotatable bonds is 4. The van der Waals surface area contributed by atoms with E-state index in [0.29, 0.717) is 23.2 Å². The molecule has 0 fully saturated rings. The van der Waals surface area contributed by atoms with Crippen LogP contribution in [-0.2, 0) is 0 Å². The molecule has 12 rings (SSSR count). The first kappa shape index (κ1) is 35.5. The van der Waals surface area contributed by atoms with Crippen molar-refractivity contribution in [1.29, 1.82) is 0 Å². The number of benzene rings is 9. The Bertz CT molecular complexity index is 3490. The van der Waals surface area contributed by atoms with E-state index in [0.717, 1.165) is 100 Å². The van der Waals surface area contributed by atoms with E-state index in [9.17, 15) is 0 Å². The van der Waals surface area contributed by atoms with Crippen LogP contribution in [0.1, 0.15) is 0 Å². The monoisotopic (exact) mass is 793 g/mol. The van der Waals surface area contributed by atoms with Gasteiger partial charge in [0, 0.05) is 38.6 Å². The minimum Gasteiger partial charge on any atom is -0.456 e. The summed E-state index contributed by atoms with van der Waals surface area (Å²) < 4.78 is 13.7. The molecule has 2 aromatic heterocycles. The molecule has 1 aliphatic heterocycles. The van der Waals surface area contributed by atoms with Crippen molar-refractivity contribution in [3.05, 3.63) is 212 Å². The number of ether oxygens (including phenoxy) is 1. The Morgan fingerprint density at radius 1 is 0.258 bits per heavy atom. The molecule has 0 amide bonds. The van der Waals surface area contributed by atoms with Crippen molar-refractivity contribution < 1.29 is 9.15 Å². The third-order valence-corrected chi connectivity index (χ3v) is 11.8. The van der Waals surface area contributed by atoms with E-state index in [4.69, 9.17) is 24.1 Å². The van der Waals surface area contributed by atoms with Gasteiger partial charge in [-0.3, -0.25) is 0 Å². The van der Waals surface area contributed by atoms with Crippen molar-refractivity contribution in [2.75, 3.05) is 0 Å². The van der Waals surface area contributed by atoms with Crippen LogP contribution in [0.5, 0.6) is 11.5 Å². The minimum absolute atomic E-state index is 0.564. The number of hydrogen-bond acceptors (Lipinski definition) is 5. The van der Waals surface area contributed by atoms with Crippen molar-refractivity contribution in [2.45, 2.75) is 0 Å². The molecule has 0 radical (unpaired) electrons. The Labute approximate surface area is 358 Å². The van der Waals surface area contributed by atoms with Gasteiger partial charge in [0.25, 0.3) is 0 Å². The maximum Gasteiger partial charge on any atom is 0.164 e. The van der Waals surface area contributed by atoms with Crippen LogP contribution in [0.15, 0.2) is 217 Å². The predicted octanol–water partition coefficient (Wildman–Crippen LogP) is 15.2. The van der Waals surface area contributed by atoms with Crippen LogP contribution >= 0.6 is 0 Å². The summed E-state index contributed by atoms with van der Waals surface area (Å²) in [5.74, 6) is 3.23. The third-order valence-electron chi connectivity index (χ3n) is 11.8. The van der Waals surface area contributed by atoms with Gasteiger partial charge in [-0.2, -0.15) is 0 Å². The average molecular weight is 794 g/mol. The summed E-state index contributed by atoms with van der Waals surface area (Å²) in [6, 6.07) is 73.4. The number of furan rings is 1. The average Bonchev–Trinajstić information content (AvgIpc) is 3.71. The van der Waals surface area contributed by atoms with Crippen LogP contribution in [0.25, 0.3) is 112 Å². The number of fused-ring (bicyclic) bond motifs is 12. The van der Waals surface area contributed by atoms with Crippen LogP contribution in [0.3, 0.4) is 0 Å². The highest BCUT2D eigenvalue weighted by atomic mass is 16.5. The van der Waals surface area contributed by atoms with Gasteiger partial charge in [0.2, 0.25) is 0 Å². The van der Waals surface area contributed by atoms with Gasteiger partial charge >= 0.3 is 0 Å². The second-order valence-electron chi connectivity index (χ2n) is 15.5. The summed E-state index contributed by atoms with van der Waals surface area (Å²) in [5, 5.41) is 2.02. The zero-order valence-electron chi connectivity index (χ0n) is 33.4. The lowest BCUT2D eigenvalue weighted by Crippen LogP contribution is -2.01.